The Morgan fingerprint density at radius 1 is 1.00 bits per heavy atom. The predicted octanol–water partition coefficient (Wildman–Crippen LogP) is 2.64. The lowest BCUT2D eigenvalue weighted by Gasteiger charge is -2.59. The summed E-state index contributed by atoms with van der Waals surface area (Å²) in [7, 11) is 0. The van der Waals surface area contributed by atoms with Crippen molar-refractivity contribution in [3.05, 3.63) is 0 Å². The second-order valence-corrected chi connectivity index (χ2v) is 12.3. The molecule has 0 radical (unpaired) electrons. The highest BCUT2D eigenvalue weighted by Crippen LogP contribution is 2.60. The zero-order valence-corrected chi connectivity index (χ0v) is 24.1. The van der Waals surface area contributed by atoms with Crippen LogP contribution in [0.2, 0.25) is 0 Å². The molecule has 40 heavy (non-hydrogen) atoms. The lowest BCUT2D eigenvalue weighted by Crippen LogP contribution is -2.70. The van der Waals surface area contributed by atoms with Crippen molar-refractivity contribution in [2.24, 2.45) is 29.6 Å². The minimum Gasteiger partial charge on any atom is -0.480 e. The van der Waals surface area contributed by atoms with Gasteiger partial charge in [-0.05, 0) is 50.4 Å². The SMILES string of the molecule is CC(C)C(NC(=O)CCCNC(=O)CCC(=O)OC1O[C@H]2OC3(C)CC[C@H]4[C@H](C)CCC(C1C)C24OO3)C(=O)O. The number of hydrogen-bond donors (Lipinski definition) is 3. The summed E-state index contributed by atoms with van der Waals surface area (Å²) in [5.41, 5.74) is -0.740. The molecule has 2 bridgehead atoms. The van der Waals surface area contributed by atoms with Gasteiger partial charge >= 0.3 is 11.9 Å². The van der Waals surface area contributed by atoms with Gasteiger partial charge in [-0.2, -0.15) is 0 Å². The summed E-state index contributed by atoms with van der Waals surface area (Å²) in [5.74, 6) is -3.01. The van der Waals surface area contributed by atoms with Gasteiger partial charge in [0.2, 0.25) is 23.9 Å². The Balaban J connectivity index is 1.22. The van der Waals surface area contributed by atoms with Gasteiger partial charge in [0, 0.05) is 37.6 Å². The van der Waals surface area contributed by atoms with Crippen molar-refractivity contribution >= 4 is 23.8 Å². The van der Waals surface area contributed by atoms with Crippen LogP contribution in [0.3, 0.4) is 0 Å². The maximum Gasteiger partial charge on any atom is 0.326 e. The molecule has 12 nitrogen and oxygen atoms in total. The molecule has 0 aromatic carbocycles. The van der Waals surface area contributed by atoms with Crippen LogP contribution >= 0.6 is 0 Å². The van der Waals surface area contributed by atoms with Crippen LogP contribution in [0.15, 0.2) is 0 Å². The summed E-state index contributed by atoms with van der Waals surface area (Å²) in [5, 5.41) is 14.3. The van der Waals surface area contributed by atoms with Gasteiger partial charge in [0.1, 0.15) is 6.04 Å². The molecule has 0 aromatic heterocycles. The van der Waals surface area contributed by atoms with Crippen molar-refractivity contribution in [2.45, 2.75) is 116 Å². The predicted molar refractivity (Wildman–Crippen MR) is 139 cm³/mol. The third-order valence-electron chi connectivity index (χ3n) is 9.05. The average Bonchev–Trinajstić information content (AvgIpc) is 3.12. The third kappa shape index (κ3) is 6.29. The molecule has 6 unspecified atom stereocenters. The Hall–Kier alpha value is -2.28. The van der Waals surface area contributed by atoms with Crippen LogP contribution in [0.25, 0.3) is 0 Å². The molecule has 5 fully saturated rings. The molecular formula is C28H44N2O10. The largest absolute Gasteiger partial charge is 0.480 e. The van der Waals surface area contributed by atoms with Crippen molar-refractivity contribution in [2.75, 3.05) is 6.54 Å². The number of hydrogen-bond acceptors (Lipinski definition) is 9. The Bertz CT molecular complexity index is 975. The first-order chi connectivity index (χ1) is 18.9. The second kappa shape index (κ2) is 12.3. The molecule has 9 atom stereocenters. The monoisotopic (exact) mass is 568 g/mol. The summed E-state index contributed by atoms with van der Waals surface area (Å²) in [6.07, 6.45) is 2.21. The fraction of sp³-hybridized carbons (Fsp3) is 0.857. The number of nitrogens with one attached hydrogen (secondary N) is 2. The Labute approximate surface area is 235 Å². The molecule has 4 heterocycles. The first-order valence-electron chi connectivity index (χ1n) is 14.5. The van der Waals surface area contributed by atoms with Gasteiger partial charge in [-0.1, -0.05) is 27.7 Å². The van der Waals surface area contributed by atoms with E-state index in [4.69, 9.17) is 29.1 Å². The number of rotatable bonds is 11. The number of carboxylic acids is 1. The Kier molecular flexibility index (Phi) is 9.43. The average molecular weight is 569 g/mol. The van der Waals surface area contributed by atoms with Gasteiger partial charge in [0.05, 0.1) is 6.42 Å². The number of carbonyl (C=O) groups is 4. The second-order valence-electron chi connectivity index (χ2n) is 12.3. The van der Waals surface area contributed by atoms with E-state index in [0.29, 0.717) is 18.8 Å². The molecule has 12 heteroatoms. The van der Waals surface area contributed by atoms with E-state index >= 15 is 0 Å². The van der Waals surface area contributed by atoms with Crippen LogP contribution in [0.1, 0.15) is 86.0 Å². The quantitative estimate of drug-likeness (QED) is 0.192. The van der Waals surface area contributed by atoms with E-state index in [9.17, 15) is 19.2 Å². The topological polar surface area (TPSA) is 159 Å². The molecule has 4 aliphatic heterocycles. The number of ether oxygens (including phenoxy) is 3. The molecule has 5 rings (SSSR count). The molecule has 0 aromatic rings. The fourth-order valence-electron chi connectivity index (χ4n) is 6.74. The highest BCUT2D eigenvalue weighted by atomic mass is 17.3. The van der Waals surface area contributed by atoms with Crippen LogP contribution in [-0.2, 0) is 43.2 Å². The molecule has 4 saturated heterocycles. The van der Waals surface area contributed by atoms with Gasteiger partial charge in [0.15, 0.2) is 11.9 Å². The normalized spacial score (nSPS) is 37.1. The minimum atomic E-state index is -1.08. The number of amides is 2. The van der Waals surface area contributed by atoms with Gasteiger partial charge in [-0.3, -0.25) is 14.4 Å². The van der Waals surface area contributed by atoms with E-state index in [1.807, 2.05) is 13.8 Å². The van der Waals surface area contributed by atoms with Crippen LogP contribution in [0.5, 0.6) is 0 Å². The summed E-state index contributed by atoms with van der Waals surface area (Å²) in [4.78, 5) is 60.0. The molecule has 1 spiro atoms. The van der Waals surface area contributed by atoms with Crippen molar-refractivity contribution in [1.29, 1.82) is 0 Å². The number of aliphatic carboxylic acids is 1. The maximum absolute atomic E-state index is 12.7. The molecule has 1 saturated carbocycles. The van der Waals surface area contributed by atoms with Gasteiger partial charge in [-0.15, -0.1) is 0 Å². The number of carbonyl (C=O) groups excluding carboxylic acids is 3. The van der Waals surface area contributed by atoms with E-state index in [1.54, 1.807) is 13.8 Å². The van der Waals surface area contributed by atoms with E-state index in [1.165, 1.54) is 0 Å². The smallest absolute Gasteiger partial charge is 0.326 e. The van der Waals surface area contributed by atoms with E-state index < -0.39 is 47.9 Å². The Morgan fingerprint density at radius 2 is 1.75 bits per heavy atom. The van der Waals surface area contributed by atoms with Crippen LogP contribution in [-0.4, -0.2) is 65.4 Å². The summed E-state index contributed by atoms with van der Waals surface area (Å²) >= 11 is 0. The summed E-state index contributed by atoms with van der Waals surface area (Å²) < 4.78 is 18.2. The van der Waals surface area contributed by atoms with Crippen molar-refractivity contribution in [3.8, 4) is 0 Å². The number of esters is 1. The summed E-state index contributed by atoms with van der Waals surface area (Å²) in [6, 6.07) is -0.953. The van der Waals surface area contributed by atoms with E-state index in [0.717, 1.165) is 19.3 Å². The zero-order chi connectivity index (χ0) is 29.2. The standard InChI is InChI=1S/C28H44N2O10/c1-15(2)23(24(34)35)30-21(32)7-6-14-29-20(31)10-11-22(33)36-25-17(4)19-9-8-16(3)18-12-13-27(5)38-26(37-25)28(18,19)40-39-27/h15-19,23,25-26H,6-14H2,1-5H3,(H,29,31)(H,30,32)(H,34,35)/t16-,17?,18+,19?,23?,25?,26+,27?,28?/m1/s1. The first kappa shape index (κ1) is 30.7. The van der Waals surface area contributed by atoms with Crippen molar-refractivity contribution in [3.63, 3.8) is 0 Å². The van der Waals surface area contributed by atoms with E-state index in [2.05, 4.69) is 17.6 Å². The molecule has 5 aliphatic rings. The fourth-order valence-corrected chi connectivity index (χ4v) is 6.74. The highest BCUT2D eigenvalue weighted by Gasteiger charge is 2.69. The van der Waals surface area contributed by atoms with Gasteiger partial charge in [0.25, 0.3) is 0 Å². The van der Waals surface area contributed by atoms with Crippen molar-refractivity contribution < 1.29 is 48.3 Å². The molecule has 1 aliphatic carbocycles. The highest BCUT2D eigenvalue weighted by molar-refractivity contribution is 5.84. The van der Waals surface area contributed by atoms with E-state index in [-0.39, 0.29) is 55.4 Å². The number of fused-ring (bicyclic) bond motifs is 2. The molecular weight excluding hydrogens is 524 g/mol. The first-order valence-corrected chi connectivity index (χ1v) is 14.5. The molecule has 3 N–H and O–H groups in total. The van der Waals surface area contributed by atoms with Crippen LogP contribution in [0.4, 0.5) is 0 Å². The molecule has 2 amide bonds. The third-order valence-corrected chi connectivity index (χ3v) is 9.05. The number of carboxylic acid groups (broad SMARTS) is 1. The van der Waals surface area contributed by atoms with Crippen LogP contribution in [0, 0.1) is 29.6 Å². The van der Waals surface area contributed by atoms with Gasteiger partial charge in [-0.25, -0.2) is 14.6 Å². The van der Waals surface area contributed by atoms with Gasteiger partial charge < -0.3 is 30.0 Å². The Morgan fingerprint density at radius 3 is 2.45 bits per heavy atom. The molecule has 226 valence electrons. The lowest BCUT2D eigenvalue weighted by atomic mass is 9.58. The van der Waals surface area contributed by atoms with Crippen molar-refractivity contribution in [1.82, 2.24) is 10.6 Å². The minimum absolute atomic E-state index is 0.0275. The lowest BCUT2D eigenvalue weighted by molar-refractivity contribution is -0.576. The van der Waals surface area contributed by atoms with Crippen LogP contribution < -0.4 is 10.6 Å². The summed E-state index contributed by atoms with van der Waals surface area (Å²) in [6.45, 7) is 9.72. The maximum atomic E-state index is 12.7. The zero-order valence-electron chi connectivity index (χ0n) is 24.1.